The molecule has 18 heavy (non-hydrogen) atoms. The largest absolute Gasteiger partial charge is 0.461 e. The van der Waals surface area contributed by atoms with Crippen molar-refractivity contribution in [1.29, 1.82) is 0 Å². The Morgan fingerprint density at radius 2 is 2.17 bits per heavy atom. The van der Waals surface area contributed by atoms with Crippen LogP contribution in [-0.2, 0) is 0 Å². The van der Waals surface area contributed by atoms with Gasteiger partial charge in [-0.05, 0) is 31.2 Å². The molecule has 2 rings (SSSR count). The Morgan fingerprint density at radius 3 is 2.83 bits per heavy atom. The lowest BCUT2D eigenvalue weighted by Crippen LogP contribution is -2.20. The van der Waals surface area contributed by atoms with Gasteiger partial charge in [-0.3, -0.25) is 0 Å². The summed E-state index contributed by atoms with van der Waals surface area (Å²) in [5, 5.41) is 12.5. The second-order valence-electron chi connectivity index (χ2n) is 4.18. The number of hydrogen-bond acceptors (Lipinski definition) is 3. The number of benzene rings is 1. The molecule has 0 saturated carbocycles. The number of furan rings is 1. The van der Waals surface area contributed by atoms with Gasteiger partial charge in [0.1, 0.15) is 11.5 Å². The smallest absolute Gasteiger partial charge is 0.134 e. The molecule has 0 aliphatic rings. The van der Waals surface area contributed by atoms with Gasteiger partial charge in [0.25, 0.3) is 0 Å². The van der Waals surface area contributed by atoms with Crippen LogP contribution in [0.4, 0.5) is 5.69 Å². The molecular weight excluding hydrogens is 250 g/mol. The Hall–Kier alpha value is -1.45. The van der Waals surface area contributed by atoms with E-state index >= 15 is 0 Å². The van der Waals surface area contributed by atoms with Crippen LogP contribution in [-0.4, -0.2) is 23.6 Å². The van der Waals surface area contributed by atoms with Crippen LogP contribution in [0.3, 0.4) is 0 Å². The third kappa shape index (κ3) is 3.28. The summed E-state index contributed by atoms with van der Waals surface area (Å²) >= 11 is 5.54. The molecule has 1 aromatic heterocycles. The van der Waals surface area contributed by atoms with Gasteiger partial charge in [-0.15, -0.1) is 11.6 Å². The highest BCUT2D eigenvalue weighted by Gasteiger charge is 2.05. The first-order chi connectivity index (χ1) is 8.69. The van der Waals surface area contributed by atoms with Gasteiger partial charge in [0.2, 0.25) is 0 Å². The van der Waals surface area contributed by atoms with Crippen LogP contribution in [0.25, 0.3) is 11.3 Å². The fraction of sp³-hybridized carbons (Fsp3) is 0.286. The number of alkyl halides is 1. The Bertz CT molecular complexity index is 510. The van der Waals surface area contributed by atoms with Gasteiger partial charge in [-0.1, -0.05) is 12.1 Å². The number of halogens is 1. The summed E-state index contributed by atoms with van der Waals surface area (Å²) in [5.41, 5.74) is 1.94. The molecule has 0 bridgehead atoms. The third-order valence-corrected chi connectivity index (χ3v) is 2.96. The molecule has 96 valence electrons. The molecule has 0 aliphatic carbocycles. The van der Waals surface area contributed by atoms with E-state index in [1.54, 1.807) is 0 Å². The van der Waals surface area contributed by atoms with E-state index < -0.39 is 6.10 Å². The van der Waals surface area contributed by atoms with Crippen LogP contribution >= 0.6 is 11.6 Å². The van der Waals surface area contributed by atoms with Crippen molar-refractivity contribution in [3.8, 4) is 11.3 Å². The van der Waals surface area contributed by atoms with E-state index in [1.165, 1.54) is 0 Å². The Balaban J connectivity index is 2.10. The maximum absolute atomic E-state index is 9.40. The number of aryl methyl sites for hydroxylation is 1. The van der Waals surface area contributed by atoms with Crippen molar-refractivity contribution in [2.24, 2.45) is 0 Å². The van der Waals surface area contributed by atoms with E-state index in [-0.39, 0.29) is 5.88 Å². The van der Waals surface area contributed by atoms with Crippen LogP contribution in [0.15, 0.2) is 40.8 Å². The summed E-state index contributed by atoms with van der Waals surface area (Å²) in [6.45, 7) is 2.35. The standard InChI is InChI=1S/C14H16ClNO2/c1-10-5-6-14(18-10)11-3-2-4-12(7-11)16-9-13(17)8-15/h2-7,13,16-17H,8-9H2,1H3. The maximum atomic E-state index is 9.40. The second kappa shape index (κ2) is 5.94. The Labute approximate surface area is 111 Å². The number of aliphatic hydroxyl groups is 1. The summed E-state index contributed by atoms with van der Waals surface area (Å²) in [4.78, 5) is 0. The zero-order chi connectivity index (χ0) is 13.0. The zero-order valence-electron chi connectivity index (χ0n) is 10.2. The Kier molecular flexibility index (Phi) is 4.28. The van der Waals surface area contributed by atoms with Gasteiger partial charge in [0.05, 0.1) is 12.0 Å². The lowest BCUT2D eigenvalue weighted by molar-refractivity contribution is 0.211. The summed E-state index contributed by atoms with van der Waals surface area (Å²) in [5.74, 6) is 1.96. The first-order valence-corrected chi connectivity index (χ1v) is 6.37. The fourth-order valence-electron chi connectivity index (χ4n) is 1.66. The first-order valence-electron chi connectivity index (χ1n) is 5.84. The van der Waals surface area contributed by atoms with E-state index in [9.17, 15) is 5.11 Å². The van der Waals surface area contributed by atoms with Crippen LogP contribution in [0.2, 0.25) is 0 Å². The zero-order valence-corrected chi connectivity index (χ0v) is 10.9. The molecule has 1 aromatic carbocycles. The molecule has 4 heteroatoms. The molecule has 3 nitrogen and oxygen atoms in total. The normalized spacial score (nSPS) is 12.4. The van der Waals surface area contributed by atoms with Crippen molar-refractivity contribution in [2.75, 3.05) is 17.7 Å². The van der Waals surface area contributed by atoms with Crippen LogP contribution in [0.5, 0.6) is 0 Å². The van der Waals surface area contributed by atoms with Gasteiger partial charge in [0, 0.05) is 17.8 Å². The monoisotopic (exact) mass is 265 g/mol. The van der Waals surface area contributed by atoms with E-state index in [1.807, 2.05) is 43.3 Å². The average molecular weight is 266 g/mol. The molecule has 0 fully saturated rings. The number of aliphatic hydroxyl groups excluding tert-OH is 1. The van der Waals surface area contributed by atoms with Crippen LogP contribution in [0, 0.1) is 6.92 Å². The minimum atomic E-state index is -0.541. The molecule has 1 unspecified atom stereocenters. The lowest BCUT2D eigenvalue weighted by atomic mass is 10.1. The minimum absolute atomic E-state index is 0.226. The summed E-state index contributed by atoms with van der Waals surface area (Å²) in [6, 6.07) is 11.7. The van der Waals surface area contributed by atoms with Crippen molar-refractivity contribution >= 4 is 17.3 Å². The predicted molar refractivity (Wildman–Crippen MR) is 74.1 cm³/mol. The Morgan fingerprint density at radius 1 is 1.33 bits per heavy atom. The van der Waals surface area contributed by atoms with E-state index in [2.05, 4.69) is 5.32 Å². The average Bonchev–Trinajstić information content (AvgIpc) is 2.83. The van der Waals surface area contributed by atoms with Crippen molar-refractivity contribution in [3.05, 3.63) is 42.2 Å². The third-order valence-electron chi connectivity index (χ3n) is 2.61. The van der Waals surface area contributed by atoms with E-state index in [0.29, 0.717) is 6.54 Å². The highest BCUT2D eigenvalue weighted by atomic mass is 35.5. The summed E-state index contributed by atoms with van der Waals surface area (Å²) in [7, 11) is 0. The quantitative estimate of drug-likeness (QED) is 0.816. The number of hydrogen-bond donors (Lipinski definition) is 2. The molecule has 0 aliphatic heterocycles. The topological polar surface area (TPSA) is 45.4 Å². The van der Waals surface area contributed by atoms with Gasteiger partial charge in [-0.25, -0.2) is 0 Å². The molecular formula is C14H16ClNO2. The fourth-order valence-corrected chi connectivity index (χ4v) is 1.77. The highest BCUT2D eigenvalue weighted by molar-refractivity contribution is 6.18. The van der Waals surface area contributed by atoms with Crippen molar-refractivity contribution in [3.63, 3.8) is 0 Å². The molecule has 0 saturated heterocycles. The minimum Gasteiger partial charge on any atom is -0.461 e. The van der Waals surface area contributed by atoms with Crippen LogP contribution in [0.1, 0.15) is 5.76 Å². The maximum Gasteiger partial charge on any atom is 0.134 e. The van der Waals surface area contributed by atoms with Gasteiger partial charge in [0.15, 0.2) is 0 Å². The lowest BCUT2D eigenvalue weighted by Gasteiger charge is -2.10. The van der Waals surface area contributed by atoms with Gasteiger partial charge in [-0.2, -0.15) is 0 Å². The first kappa shape index (κ1) is 13.0. The molecule has 2 N–H and O–H groups in total. The van der Waals surface area contributed by atoms with Crippen molar-refractivity contribution in [1.82, 2.24) is 0 Å². The summed E-state index contributed by atoms with van der Waals surface area (Å²) < 4.78 is 5.57. The van der Waals surface area contributed by atoms with Gasteiger partial charge < -0.3 is 14.8 Å². The molecule has 0 amide bonds. The number of rotatable bonds is 5. The molecule has 0 radical (unpaired) electrons. The van der Waals surface area contributed by atoms with Gasteiger partial charge >= 0.3 is 0 Å². The molecule has 1 atom stereocenters. The predicted octanol–water partition coefficient (Wildman–Crippen LogP) is 3.27. The molecule has 2 aromatic rings. The van der Waals surface area contributed by atoms with Crippen molar-refractivity contribution < 1.29 is 9.52 Å². The van der Waals surface area contributed by atoms with Crippen LogP contribution < -0.4 is 5.32 Å². The van der Waals surface area contributed by atoms with Crippen molar-refractivity contribution in [2.45, 2.75) is 13.0 Å². The highest BCUT2D eigenvalue weighted by Crippen LogP contribution is 2.24. The molecule has 0 spiro atoms. The van der Waals surface area contributed by atoms with E-state index in [4.69, 9.17) is 16.0 Å². The summed E-state index contributed by atoms with van der Waals surface area (Å²) in [6.07, 6.45) is -0.541. The molecule has 1 heterocycles. The number of anilines is 1. The SMILES string of the molecule is Cc1ccc(-c2cccc(NCC(O)CCl)c2)o1. The second-order valence-corrected chi connectivity index (χ2v) is 4.49. The number of nitrogens with one attached hydrogen (secondary N) is 1. The van der Waals surface area contributed by atoms with E-state index in [0.717, 1.165) is 22.8 Å².